The number of pyridine rings is 1. The number of primary amides is 1. The highest BCUT2D eigenvalue weighted by Gasteiger charge is 2.21. The van der Waals surface area contributed by atoms with Crippen molar-refractivity contribution in [2.75, 3.05) is 0 Å². The van der Waals surface area contributed by atoms with E-state index in [9.17, 15) is 4.79 Å². The molecule has 1 unspecified atom stereocenters. The fourth-order valence-corrected chi connectivity index (χ4v) is 1.95. The Bertz CT molecular complexity index is 562. The van der Waals surface area contributed by atoms with Gasteiger partial charge < -0.3 is 5.73 Å². The molecular formula is C13H16N4O. The molecule has 2 N–H and O–H groups in total. The van der Waals surface area contributed by atoms with E-state index in [1.165, 1.54) is 0 Å². The van der Waals surface area contributed by atoms with Gasteiger partial charge in [-0.05, 0) is 31.5 Å². The van der Waals surface area contributed by atoms with Gasteiger partial charge in [-0.2, -0.15) is 5.10 Å². The van der Waals surface area contributed by atoms with Crippen LogP contribution in [0.25, 0.3) is 5.69 Å². The van der Waals surface area contributed by atoms with Gasteiger partial charge in [-0.3, -0.25) is 9.78 Å². The number of nitrogens with two attached hydrogens (primary N) is 1. The molecule has 0 aromatic carbocycles. The molecule has 2 rings (SSSR count). The summed E-state index contributed by atoms with van der Waals surface area (Å²) in [6.45, 7) is 3.83. The van der Waals surface area contributed by atoms with Gasteiger partial charge in [0.1, 0.15) is 0 Å². The smallest absolute Gasteiger partial charge is 0.226 e. The van der Waals surface area contributed by atoms with Crippen molar-refractivity contribution in [2.24, 2.45) is 5.73 Å². The first-order chi connectivity index (χ1) is 8.63. The zero-order valence-corrected chi connectivity index (χ0v) is 10.5. The van der Waals surface area contributed by atoms with Gasteiger partial charge in [0.25, 0.3) is 0 Å². The molecule has 0 fully saturated rings. The average molecular weight is 244 g/mol. The summed E-state index contributed by atoms with van der Waals surface area (Å²) in [5.74, 6) is -0.743. The lowest BCUT2D eigenvalue weighted by atomic mass is 9.99. The lowest BCUT2D eigenvalue weighted by molar-refractivity contribution is -0.119. The Kier molecular flexibility index (Phi) is 3.41. The summed E-state index contributed by atoms with van der Waals surface area (Å²) in [6, 6.07) is 5.62. The molecule has 18 heavy (non-hydrogen) atoms. The Balaban J connectivity index is 2.52. The second kappa shape index (κ2) is 5.00. The molecule has 0 radical (unpaired) electrons. The predicted octanol–water partition coefficient (Wildman–Crippen LogP) is 1.55. The molecule has 2 aromatic rings. The maximum Gasteiger partial charge on any atom is 0.226 e. The fraction of sp³-hybridized carbons (Fsp3) is 0.308. The largest absolute Gasteiger partial charge is 0.369 e. The quantitative estimate of drug-likeness (QED) is 0.886. The van der Waals surface area contributed by atoms with Gasteiger partial charge in [0, 0.05) is 12.4 Å². The standard InChI is InChI=1S/C13H16N4O/c1-3-10(13(14)18)12-11(5-4-7-15-12)17-8-6-9(2)16-17/h4-8,10H,3H2,1-2H3,(H2,14,18). The Morgan fingerprint density at radius 2 is 2.28 bits per heavy atom. The molecule has 0 aliphatic rings. The lowest BCUT2D eigenvalue weighted by Crippen LogP contribution is -2.23. The van der Waals surface area contributed by atoms with Crippen LogP contribution in [0.3, 0.4) is 0 Å². The molecule has 0 aliphatic heterocycles. The van der Waals surface area contributed by atoms with Crippen LogP contribution in [-0.2, 0) is 4.79 Å². The zero-order valence-electron chi connectivity index (χ0n) is 10.5. The first kappa shape index (κ1) is 12.3. The number of carbonyl (C=O) groups is 1. The number of carbonyl (C=O) groups excluding carboxylic acids is 1. The van der Waals surface area contributed by atoms with Gasteiger partial charge in [0.2, 0.25) is 5.91 Å². The molecule has 0 bridgehead atoms. The third kappa shape index (κ3) is 2.25. The number of aromatic nitrogens is 3. The zero-order chi connectivity index (χ0) is 13.1. The highest BCUT2D eigenvalue weighted by Crippen LogP contribution is 2.23. The van der Waals surface area contributed by atoms with Crippen LogP contribution < -0.4 is 5.73 Å². The van der Waals surface area contributed by atoms with Gasteiger partial charge >= 0.3 is 0 Å². The minimum absolute atomic E-state index is 0.360. The number of amides is 1. The van der Waals surface area contributed by atoms with E-state index < -0.39 is 0 Å². The van der Waals surface area contributed by atoms with Crippen LogP contribution in [0.15, 0.2) is 30.6 Å². The van der Waals surface area contributed by atoms with E-state index in [4.69, 9.17) is 5.73 Å². The van der Waals surface area contributed by atoms with Crippen molar-refractivity contribution < 1.29 is 4.79 Å². The van der Waals surface area contributed by atoms with E-state index in [1.54, 1.807) is 10.9 Å². The maximum atomic E-state index is 11.5. The van der Waals surface area contributed by atoms with Gasteiger partial charge in [-0.15, -0.1) is 0 Å². The molecule has 0 saturated heterocycles. The van der Waals surface area contributed by atoms with Crippen LogP contribution in [-0.4, -0.2) is 20.7 Å². The van der Waals surface area contributed by atoms with Crippen molar-refractivity contribution >= 4 is 5.91 Å². The van der Waals surface area contributed by atoms with Crippen LogP contribution in [0.2, 0.25) is 0 Å². The van der Waals surface area contributed by atoms with Gasteiger partial charge in [-0.25, -0.2) is 4.68 Å². The fourth-order valence-electron chi connectivity index (χ4n) is 1.95. The second-order valence-corrected chi connectivity index (χ2v) is 4.17. The topological polar surface area (TPSA) is 73.8 Å². The van der Waals surface area contributed by atoms with E-state index in [1.807, 2.05) is 38.2 Å². The molecule has 1 amide bonds. The number of hydrogen-bond acceptors (Lipinski definition) is 3. The summed E-state index contributed by atoms with van der Waals surface area (Å²) in [7, 11) is 0. The van der Waals surface area contributed by atoms with Crippen LogP contribution in [0.5, 0.6) is 0 Å². The third-order valence-electron chi connectivity index (χ3n) is 2.87. The summed E-state index contributed by atoms with van der Waals surface area (Å²) < 4.78 is 1.73. The number of hydrogen-bond donors (Lipinski definition) is 1. The number of rotatable bonds is 4. The van der Waals surface area contributed by atoms with Gasteiger partial charge in [0.15, 0.2) is 0 Å². The van der Waals surface area contributed by atoms with E-state index in [0.717, 1.165) is 11.4 Å². The highest BCUT2D eigenvalue weighted by molar-refractivity contribution is 5.82. The normalized spacial score (nSPS) is 12.3. The Morgan fingerprint density at radius 3 is 2.83 bits per heavy atom. The van der Waals surface area contributed by atoms with Gasteiger partial charge in [-0.1, -0.05) is 6.92 Å². The van der Waals surface area contributed by atoms with E-state index in [-0.39, 0.29) is 11.8 Å². The molecule has 0 spiro atoms. The average Bonchev–Trinajstić information content (AvgIpc) is 2.77. The molecule has 1 atom stereocenters. The molecule has 94 valence electrons. The highest BCUT2D eigenvalue weighted by atomic mass is 16.1. The summed E-state index contributed by atoms with van der Waals surface area (Å²) in [4.78, 5) is 15.8. The molecular weight excluding hydrogens is 228 g/mol. The SMILES string of the molecule is CCC(C(N)=O)c1ncccc1-n1ccc(C)n1. The molecule has 2 aromatic heterocycles. The molecule has 0 aliphatic carbocycles. The van der Waals surface area contributed by atoms with Gasteiger partial charge in [0.05, 0.1) is 23.0 Å². The lowest BCUT2D eigenvalue weighted by Gasteiger charge is -2.14. The molecule has 0 saturated carbocycles. The summed E-state index contributed by atoms with van der Waals surface area (Å²) in [5.41, 5.74) is 7.82. The maximum absolute atomic E-state index is 11.5. The van der Waals surface area contributed by atoms with Crippen LogP contribution in [0, 0.1) is 6.92 Å². The Morgan fingerprint density at radius 1 is 1.50 bits per heavy atom. The minimum atomic E-state index is -0.384. The summed E-state index contributed by atoms with van der Waals surface area (Å²) in [5, 5.41) is 4.34. The van der Waals surface area contributed by atoms with Crippen LogP contribution >= 0.6 is 0 Å². The van der Waals surface area contributed by atoms with Crippen molar-refractivity contribution in [1.29, 1.82) is 0 Å². The number of nitrogens with zero attached hydrogens (tertiary/aromatic N) is 3. The van der Waals surface area contributed by atoms with E-state index in [0.29, 0.717) is 12.1 Å². The minimum Gasteiger partial charge on any atom is -0.369 e. The summed E-state index contributed by atoms with van der Waals surface area (Å²) >= 11 is 0. The Hall–Kier alpha value is -2.17. The first-order valence-electron chi connectivity index (χ1n) is 5.90. The Labute approximate surface area is 106 Å². The van der Waals surface area contributed by atoms with E-state index >= 15 is 0 Å². The number of aryl methyl sites for hydroxylation is 1. The molecule has 5 nitrogen and oxygen atoms in total. The van der Waals surface area contributed by atoms with Crippen LogP contribution in [0.1, 0.15) is 30.7 Å². The van der Waals surface area contributed by atoms with Crippen molar-refractivity contribution in [1.82, 2.24) is 14.8 Å². The van der Waals surface area contributed by atoms with E-state index in [2.05, 4.69) is 10.1 Å². The van der Waals surface area contributed by atoms with Crippen molar-refractivity contribution in [3.63, 3.8) is 0 Å². The first-order valence-corrected chi connectivity index (χ1v) is 5.90. The summed E-state index contributed by atoms with van der Waals surface area (Å²) in [6.07, 6.45) is 4.14. The van der Waals surface area contributed by atoms with Crippen molar-refractivity contribution in [2.45, 2.75) is 26.2 Å². The third-order valence-corrected chi connectivity index (χ3v) is 2.87. The second-order valence-electron chi connectivity index (χ2n) is 4.17. The monoisotopic (exact) mass is 244 g/mol. The molecule has 2 heterocycles. The predicted molar refractivity (Wildman–Crippen MR) is 68.3 cm³/mol. The van der Waals surface area contributed by atoms with Crippen LogP contribution in [0.4, 0.5) is 0 Å². The van der Waals surface area contributed by atoms with Crippen molar-refractivity contribution in [3.05, 3.63) is 42.0 Å². The van der Waals surface area contributed by atoms with Crippen molar-refractivity contribution in [3.8, 4) is 5.69 Å². The molecule has 5 heteroatoms.